The molecular formula is C21H24N2O2. The van der Waals surface area contributed by atoms with Crippen molar-refractivity contribution in [2.45, 2.75) is 26.2 Å². The summed E-state index contributed by atoms with van der Waals surface area (Å²) in [7, 11) is 0. The lowest BCUT2D eigenvalue weighted by molar-refractivity contribution is 0.0724. The lowest BCUT2D eigenvalue weighted by atomic mass is 10.1. The Morgan fingerprint density at radius 2 is 1.48 bits per heavy atom. The average molecular weight is 336 g/mol. The smallest absolute Gasteiger partial charge is 0.258 e. The van der Waals surface area contributed by atoms with Gasteiger partial charge in [-0.15, -0.1) is 0 Å². The predicted octanol–water partition coefficient (Wildman–Crippen LogP) is 3.98. The molecule has 0 radical (unpaired) electrons. The van der Waals surface area contributed by atoms with Gasteiger partial charge in [0.05, 0.1) is 0 Å². The van der Waals surface area contributed by atoms with Gasteiger partial charge in [-0.25, -0.2) is 0 Å². The van der Waals surface area contributed by atoms with Gasteiger partial charge in [0.1, 0.15) is 0 Å². The second kappa shape index (κ2) is 7.97. The van der Waals surface area contributed by atoms with Gasteiger partial charge in [-0.05, 0) is 62.6 Å². The molecule has 4 heteroatoms. The number of likely N-dealkylation sites (tertiary alicyclic amines) is 1. The summed E-state index contributed by atoms with van der Waals surface area (Å²) in [5, 5.41) is 0. The molecule has 0 aliphatic carbocycles. The Labute approximate surface area is 149 Å². The van der Waals surface area contributed by atoms with Crippen LogP contribution in [0.4, 0.5) is 5.69 Å². The number of rotatable bonds is 4. The molecule has 0 atom stereocenters. The first-order chi connectivity index (χ1) is 12.2. The maximum atomic E-state index is 12.8. The van der Waals surface area contributed by atoms with Crippen molar-refractivity contribution in [3.05, 3.63) is 65.7 Å². The van der Waals surface area contributed by atoms with Gasteiger partial charge in [0.2, 0.25) is 0 Å². The zero-order chi connectivity index (χ0) is 17.6. The molecule has 1 aliphatic rings. The zero-order valence-electron chi connectivity index (χ0n) is 14.6. The van der Waals surface area contributed by atoms with E-state index in [0.29, 0.717) is 17.7 Å². The van der Waals surface area contributed by atoms with Crippen molar-refractivity contribution in [1.29, 1.82) is 0 Å². The molecule has 3 rings (SSSR count). The van der Waals surface area contributed by atoms with Crippen molar-refractivity contribution in [3.8, 4) is 0 Å². The van der Waals surface area contributed by atoms with Crippen LogP contribution >= 0.6 is 0 Å². The molecule has 1 aliphatic heterocycles. The molecule has 2 aromatic carbocycles. The number of carbonyl (C=O) groups excluding carboxylic acids is 2. The van der Waals surface area contributed by atoms with Gasteiger partial charge in [-0.1, -0.05) is 18.2 Å². The molecule has 1 saturated heterocycles. The van der Waals surface area contributed by atoms with E-state index in [4.69, 9.17) is 0 Å². The zero-order valence-corrected chi connectivity index (χ0v) is 14.6. The summed E-state index contributed by atoms with van der Waals surface area (Å²) >= 11 is 0. The molecule has 0 saturated carbocycles. The Bertz CT molecular complexity index is 719. The first kappa shape index (κ1) is 17.2. The van der Waals surface area contributed by atoms with Crippen molar-refractivity contribution in [2.24, 2.45) is 0 Å². The van der Waals surface area contributed by atoms with Crippen LogP contribution in [0.1, 0.15) is 46.9 Å². The largest absolute Gasteiger partial charge is 0.339 e. The Balaban J connectivity index is 1.75. The van der Waals surface area contributed by atoms with Gasteiger partial charge >= 0.3 is 0 Å². The van der Waals surface area contributed by atoms with Crippen LogP contribution in [0.5, 0.6) is 0 Å². The molecule has 0 N–H and O–H groups in total. The van der Waals surface area contributed by atoms with E-state index in [-0.39, 0.29) is 11.8 Å². The van der Waals surface area contributed by atoms with Crippen LogP contribution in [-0.4, -0.2) is 36.3 Å². The highest BCUT2D eigenvalue weighted by Crippen LogP contribution is 2.18. The number of anilines is 1. The minimum atomic E-state index is -0.0503. The number of hydrogen-bond acceptors (Lipinski definition) is 2. The van der Waals surface area contributed by atoms with E-state index in [9.17, 15) is 9.59 Å². The van der Waals surface area contributed by atoms with Crippen molar-refractivity contribution in [2.75, 3.05) is 24.5 Å². The summed E-state index contributed by atoms with van der Waals surface area (Å²) in [5.41, 5.74) is 2.13. The second-order valence-corrected chi connectivity index (χ2v) is 6.32. The quantitative estimate of drug-likeness (QED) is 0.847. The first-order valence-electron chi connectivity index (χ1n) is 8.97. The van der Waals surface area contributed by atoms with Crippen LogP contribution in [0, 0.1) is 0 Å². The molecule has 4 nitrogen and oxygen atoms in total. The normalized spacial score (nSPS) is 14.2. The molecule has 0 spiro atoms. The number of nitrogens with zero attached hydrogens (tertiary/aromatic N) is 2. The number of benzene rings is 2. The average Bonchev–Trinajstić information content (AvgIpc) is 2.69. The standard InChI is InChI=1S/C21H24N2O2/c1-2-23(19-9-5-3-6-10-19)21(25)18-13-11-17(12-14-18)20(24)22-15-7-4-8-16-22/h3,5-6,9-14H,2,4,7-8,15-16H2,1H3. The van der Waals surface area contributed by atoms with Crippen LogP contribution in [0.25, 0.3) is 0 Å². The van der Waals surface area contributed by atoms with E-state index in [1.54, 1.807) is 29.2 Å². The van der Waals surface area contributed by atoms with Gasteiger partial charge in [0.15, 0.2) is 0 Å². The molecule has 0 unspecified atom stereocenters. The maximum Gasteiger partial charge on any atom is 0.258 e. The molecule has 0 bridgehead atoms. The first-order valence-corrected chi connectivity index (χ1v) is 8.97. The van der Waals surface area contributed by atoms with E-state index in [1.807, 2.05) is 42.2 Å². The van der Waals surface area contributed by atoms with Crippen molar-refractivity contribution < 1.29 is 9.59 Å². The SMILES string of the molecule is CCN(C(=O)c1ccc(C(=O)N2CCCCC2)cc1)c1ccccc1. The molecule has 0 aromatic heterocycles. The third kappa shape index (κ3) is 3.90. The molecular weight excluding hydrogens is 312 g/mol. The lowest BCUT2D eigenvalue weighted by Gasteiger charge is -2.26. The third-order valence-corrected chi connectivity index (χ3v) is 4.65. The van der Waals surface area contributed by atoms with E-state index < -0.39 is 0 Å². The minimum Gasteiger partial charge on any atom is -0.339 e. The summed E-state index contributed by atoms with van der Waals surface area (Å²) in [6, 6.07) is 16.7. The van der Waals surface area contributed by atoms with Crippen LogP contribution in [0.2, 0.25) is 0 Å². The molecule has 1 heterocycles. The summed E-state index contributed by atoms with van der Waals surface area (Å²) in [6.07, 6.45) is 3.35. The number of para-hydroxylation sites is 1. The molecule has 2 amide bonds. The van der Waals surface area contributed by atoms with Crippen LogP contribution in [-0.2, 0) is 0 Å². The van der Waals surface area contributed by atoms with Crippen molar-refractivity contribution in [1.82, 2.24) is 4.90 Å². The van der Waals surface area contributed by atoms with Crippen LogP contribution in [0.15, 0.2) is 54.6 Å². The Morgan fingerprint density at radius 3 is 2.08 bits per heavy atom. The summed E-state index contributed by atoms with van der Waals surface area (Å²) in [6.45, 7) is 4.21. The fraction of sp³-hybridized carbons (Fsp3) is 0.333. The predicted molar refractivity (Wildman–Crippen MR) is 100.0 cm³/mol. The summed E-state index contributed by atoms with van der Waals surface area (Å²) < 4.78 is 0. The van der Waals surface area contributed by atoms with E-state index in [1.165, 1.54) is 6.42 Å². The number of hydrogen-bond donors (Lipinski definition) is 0. The highest BCUT2D eigenvalue weighted by atomic mass is 16.2. The van der Waals surface area contributed by atoms with Gasteiger partial charge in [0, 0.05) is 36.4 Å². The Hall–Kier alpha value is -2.62. The van der Waals surface area contributed by atoms with Crippen molar-refractivity contribution in [3.63, 3.8) is 0 Å². The Morgan fingerprint density at radius 1 is 0.880 bits per heavy atom. The van der Waals surface area contributed by atoms with Crippen LogP contribution < -0.4 is 4.90 Å². The highest BCUT2D eigenvalue weighted by molar-refractivity contribution is 6.06. The number of amides is 2. The lowest BCUT2D eigenvalue weighted by Crippen LogP contribution is -2.35. The maximum absolute atomic E-state index is 12.8. The minimum absolute atomic E-state index is 0.0503. The topological polar surface area (TPSA) is 40.6 Å². The van der Waals surface area contributed by atoms with Gasteiger partial charge in [-0.3, -0.25) is 9.59 Å². The molecule has 1 fully saturated rings. The Kier molecular flexibility index (Phi) is 5.49. The van der Waals surface area contributed by atoms with E-state index in [0.717, 1.165) is 31.6 Å². The van der Waals surface area contributed by atoms with Gasteiger partial charge < -0.3 is 9.80 Å². The fourth-order valence-corrected chi connectivity index (χ4v) is 3.24. The van der Waals surface area contributed by atoms with E-state index >= 15 is 0 Å². The monoisotopic (exact) mass is 336 g/mol. The molecule has 25 heavy (non-hydrogen) atoms. The summed E-state index contributed by atoms with van der Waals surface area (Å²) in [5.74, 6) is 0.0137. The van der Waals surface area contributed by atoms with Crippen LogP contribution in [0.3, 0.4) is 0 Å². The van der Waals surface area contributed by atoms with E-state index in [2.05, 4.69) is 0 Å². The molecule has 130 valence electrons. The van der Waals surface area contributed by atoms with Crippen molar-refractivity contribution >= 4 is 17.5 Å². The second-order valence-electron chi connectivity index (χ2n) is 6.32. The van der Waals surface area contributed by atoms with Gasteiger partial charge in [0.25, 0.3) is 11.8 Å². The highest BCUT2D eigenvalue weighted by Gasteiger charge is 2.20. The summed E-state index contributed by atoms with van der Waals surface area (Å²) in [4.78, 5) is 29.0. The van der Waals surface area contributed by atoms with Gasteiger partial charge in [-0.2, -0.15) is 0 Å². The fourth-order valence-electron chi connectivity index (χ4n) is 3.24. The molecule has 2 aromatic rings. The number of piperidine rings is 1. The number of carbonyl (C=O) groups is 2. The third-order valence-electron chi connectivity index (χ3n) is 4.65.